The Bertz CT molecular complexity index is 1240. The van der Waals surface area contributed by atoms with E-state index in [-0.39, 0.29) is 23.9 Å². The molecule has 3 aromatic rings. The van der Waals surface area contributed by atoms with Crippen LogP contribution in [0.2, 0.25) is 0 Å². The lowest BCUT2D eigenvalue weighted by atomic mass is 10.0. The summed E-state index contributed by atoms with van der Waals surface area (Å²) in [6.07, 6.45) is 3.56. The molecular weight excluding hydrogens is 458 g/mol. The first kappa shape index (κ1) is 22.2. The molecule has 0 radical (unpaired) electrons. The van der Waals surface area contributed by atoms with Gasteiger partial charge in [-0.05, 0) is 55.7 Å². The zero-order chi connectivity index (χ0) is 23.9. The van der Waals surface area contributed by atoms with Gasteiger partial charge in [0.15, 0.2) is 5.01 Å². The Morgan fingerprint density at radius 1 is 0.971 bits per heavy atom. The van der Waals surface area contributed by atoms with Gasteiger partial charge in [0.25, 0.3) is 11.8 Å². The van der Waals surface area contributed by atoms with Gasteiger partial charge in [0.1, 0.15) is 0 Å². The van der Waals surface area contributed by atoms with Crippen LogP contribution in [0.4, 0.5) is 11.4 Å². The number of hydrogen-bond acceptors (Lipinski definition) is 6. The van der Waals surface area contributed by atoms with Gasteiger partial charge in [-0.2, -0.15) is 0 Å². The lowest BCUT2D eigenvalue weighted by Crippen LogP contribution is -2.62. The molecule has 180 valence electrons. The third-order valence-electron chi connectivity index (χ3n) is 7.30. The molecule has 4 heterocycles. The molecule has 2 amide bonds. The van der Waals surface area contributed by atoms with Gasteiger partial charge < -0.3 is 20.0 Å². The summed E-state index contributed by atoms with van der Waals surface area (Å²) in [5.74, 6) is 0.124. The molecule has 2 aromatic carbocycles. The highest BCUT2D eigenvalue weighted by atomic mass is 32.1. The highest BCUT2D eigenvalue weighted by Gasteiger charge is 2.36. The molecule has 2 saturated heterocycles. The van der Waals surface area contributed by atoms with Gasteiger partial charge >= 0.3 is 0 Å². The van der Waals surface area contributed by atoms with Gasteiger partial charge in [-0.25, -0.2) is 4.98 Å². The van der Waals surface area contributed by atoms with Crippen molar-refractivity contribution >= 4 is 34.5 Å². The van der Waals surface area contributed by atoms with Gasteiger partial charge in [-0.15, -0.1) is 11.3 Å². The quantitative estimate of drug-likeness (QED) is 0.597. The number of hydrogen-bond donors (Lipinski definition) is 1. The van der Waals surface area contributed by atoms with E-state index >= 15 is 0 Å². The summed E-state index contributed by atoms with van der Waals surface area (Å²) in [5, 5.41) is 6.03. The Morgan fingerprint density at radius 3 is 2.54 bits per heavy atom. The number of rotatable bonds is 5. The van der Waals surface area contributed by atoms with Gasteiger partial charge in [0.05, 0.1) is 0 Å². The number of amides is 2. The van der Waals surface area contributed by atoms with Crippen LogP contribution < -0.4 is 10.2 Å². The maximum Gasteiger partial charge on any atom is 0.282 e. The number of nitrogens with zero attached hydrogens (tertiary/aromatic N) is 4. The fraction of sp³-hybridized carbons (Fsp3) is 0.370. The SMILES string of the molecule is Cc1ccc(N2CCc3cc(C(=O)N4CC(NC5CCN(C(=O)c6nccs6)C5)C4)ccc32)cc1. The molecule has 1 atom stereocenters. The van der Waals surface area contributed by atoms with Gasteiger partial charge in [-0.3, -0.25) is 9.59 Å². The first-order valence-corrected chi connectivity index (χ1v) is 13.1. The molecule has 8 heteroatoms. The first-order valence-electron chi connectivity index (χ1n) is 12.3. The lowest BCUT2D eigenvalue weighted by Gasteiger charge is -2.41. The minimum absolute atomic E-state index is 0.0206. The summed E-state index contributed by atoms with van der Waals surface area (Å²) >= 11 is 1.39. The van der Waals surface area contributed by atoms with E-state index in [4.69, 9.17) is 0 Å². The van der Waals surface area contributed by atoms with E-state index < -0.39 is 0 Å². The van der Waals surface area contributed by atoms with Crippen molar-refractivity contribution in [2.75, 3.05) is 37.6 Å². The molecular formula is C27H29N5O2S. The minimum atomic E-state index is 0.0206. The predicted octanol–water partition coefficient (Wildman–Crippen LogP) is 3.47. The van der Waals surface area contributed by atoms with E-state index in [0.29, 0.717) is 24.6 Å². The topological polar surface area (TPSA) is 68.8 Å². The second kappa shape index (κ2) is 9.09. The number of thiazole rings is 1. The van der Waals surface area contributed by atoms with E-state index in [1.54, 1.807) is 6.20 Å². The van der Waals surface area contributed by atoms with Crippen molar-refractivity contribution in [1.82, 2.24) is 20.1 Å². The number of fused-ring (bicyclic) bond motifs is 1. The van der Waals surface area contributed by atoms with Crippen LogP contribution >= 0.6 is 11.3 Å². The Kier molecular flexibility index (Phi) is 5.78. The highest BCUT2D eigenvalue weighted by molar-refractivity contribution is 7.11. The van der Waals surface area contributed by atoms with Crippen LogP contribution in [0.25, 0.3) is 0 Å². The summed E-state index contributed by atoms with van der Waals surface area (Å²) in [4.78, 5) is 35.9. The number of carbonyl (C=O) groups is 2. The van der Waals surface area contributed by atoms with E-state index in [1.165, 1.54) is 33.8 Å². The zero-order valence-electron chi connectivity index (χ0n) is 19.8. The predicted molar refractivity (Wildman–Crippen MR) is 138 cm³/mol. The van der Waals surface area contributed by atoms with Crippen molar-refractivity contribution in [3.05, 3.63) is 75.7 Å². The van der Waals surface area contributed by atoms with Crippen LogP contribution in [0.1, 0.15) is 37.7 Å². The largest absolute Gasteiger partial charge is 0.341 e. The molecule has 7 nitrogen and oxygen atoms in total. The van der Waals surface area contributed by atoms with Crippen molar-refractivity contribution in [2.45, 2.75) is 31.8 Å². The normalized spacial score (nSPS) is 19.7. The van der Waals surface area contributed by atoms with E-state index in [0.717, 1.165) is 31.5 Å². The number of aromatic nitrogens is 1. The second-order valence-electron chi connectivity index (χ2n) is 9.73. The molecule has 0 bridgehead atoms. The average Bonchev–Trinajstić information content (AvgIpc) is 3.61. The summed E-state index contributed by atoms with van der Waals surface area (Å²) < 4.78 is 0. The fourth-order valence-electron chi connectivity index (χ4n) is 5.34. The fourth-order valence-corrected chi connectivity index (χ4v) is 5.94. The van der Waals surface area contributed by atoms with Crippen LogP contribution in [0.15, 0.2) is 54.0 Å². The van der Waals surface area contributed by atoms with Gasteiger partial charge in [0.2, 0.25) is 0 Å². The molecule has 1 N–H and O–H groups in total. The molecule has 0 spiro atoms. The van der Waals surface area contributed by atoms with Gasteiger partial charge in [-0.1, -0.05) is 17.7 Å². The maximum absolute atomic E-state index is 13.1. The smallest absolute Gasteiger partial charge is 0.282 e. The van der Waals surface area contributed by atoms with Crippen LogP contribution in [0.3, 0.4) is 0 Å². The molecule has 3 aliphatic heterocycles. The van der Waals surface area contributed by atoms with Gasteiger partial charge in [0, 0.05) is 73.3 Å². The Balaban J connectivity index is 1.02. The molecule has 1 aromatic heterocycles. The summed E-state index contributed by atoms with van der Waals surface area (Å²) in [5.41, 5.74) is 5.66. The monoisotopic (exact) mass is 487 g/mol. The Morgan fingerprint density at radius 2 is 1.77 bits per heavy atom. The first-order chi connectivity index (χ1) is 17.0. The number of nitrogens with one attached hydrogen (secondary N) is 1. The van der Waals surface area contributed by atoms with E-state index in [1.807, 2.05) is 21.2 Å². The molecule has 6 rings (SSSR count). The number of likely N-dealkylation sites (tertiary alicyclic amines) is 2. The molecule has 0 aliphatic carbocycles. The molecule has 1 unspecified atom stereocenters. The highest BCUT2D eigenvalue weighted by Crippen LogP contribution is 2.35. The molecule has 3 aliphatic rings. The van der Waals surface area contributed by atoms with Crippen molar-refractivity contribution in [3.8, 4) is 0 Å². The standard InChI is InChI=1S/C27H29N5O2S/c1-18-2-5-23(6-3-18)32-12-8-19-14-20(4-7-24(19)32)26(33)31-16-22(17-31)29-21-9-11-30(15-21)27(34)25-28-10-13-35-25/h2-7,10,13-14,21-22,29H,8-9,11-12,15-17H2,1H3. The molecule has 2 fully saturated rings. The molecule has 35 heavy (non-hydrogen) atoms. The Labute approximate surface area is 209 Å². The number of carbonyl (C=O) groups excluding carboxylic acids is 2. The lowest BCUT2D eigenvalue weighted by molar-refractivity contribution is 0.0552. The van der Waals surface area contributed by atoms with Crippen molar-refractivity contribution in [2.24, 2.45) is 0 Å². The van der Waals surface area contributed by atoms with Crippen LogP contribution in [0, 0.1) is 6.92 Å². The third kappa shape index (κ3) is 4.32. The second-order valence-corrected chi connectivity index (χ2v) is 10.6. The maximum atomic E-state index is 13.1. The van der Waals surface area contributed by atoms with Crippen LogP contribution in [0.5, 0.6) is 0 Å². The van der Waals surface area contributed by atoms with Crippen LogP contribution in [-0.2, 0) is 6.42 Å². The van der Waals surface area contributed by atoms with Crippen LogP contribution in [-0.4, -0.2) is 71.4 Å². The summed E-state index contributed by atoms with van der Waals surface area (Å²) in [6, 6.07) is 15.3. The van der Waals surface area contributed by atoms with Crippen molar-refractivity contribution in [3.63, 3.8) is 0 Å². The zero-order valence-corrected chi connectivity index (χ0v) is 20.6. The minimum Gasteiger partial charge on any atom is -0.341 e. The third-order valence-corrected chi connectivity index (χ3v) is 8.06. The number of aryl methyl sites for hydroxylation is 1. The average molecular weight is 488 g/mol. The summed E-state index contributed by atoms with van der Waals surface area (Å²) in [6.45, 7) is 5.91. The van der Waals surface area contributed by atoms with E-state index in [9.17, 15) is 9.59 Å². The van der Waals surface area contributed by atoms with Crippen molar-refractivity contribution < 1.29 is 9.59 Å². The number of anilines is 2. The molecule has 0 saturated carbocycles. The summed E-state index contributed by atoms with van der Waals surface area (Å²) in [7, 11) is 0. The van der Waals surface area contributed by atoms with Crippen molar-refractivity contribution in [1.29, 1.82) is 0 Å². The Hall–Kier alpha value is -3.23. The number of benzene rings is 2. The van der Waals surface area contributed by atoms with E-state index in [2.05, 4.69) is 58.5 Å².